The molecule has 5 nitrogen and oxygen atoms in total. The first kappa shape index (κ1) is 44.0. The van der Waals surface area contributed by atoms with Crippen LogP contribution in [0.2, 0.25) is 0 Å². The minimum atomic E-state index is -2.85. The van der Waals surface area contributed by atoms with Gasteiger partial charge in [-0.15, -0.1) is 0 Å². The lowest BCUT2D eigenvalue weighted by Crippen LogP contribution is -2.74. The lowest BCUT2D eigenvalue weighted by atomic mass is 10.0. The predicted octanol–water partition coefficient (Wildman–Crippen LogP) is 14.1. The van der Waals surface area contributed by atoms with Crippen LogP contribution in [0.15, 0.2) is 285 Å². The topological polar surface area (TPSA) is 48.5 Å². The van der Waals surface area contributed by atoms with Crippen LogP contribution in [0, 0.1) is 0 Å². The zero-order chi connectivity index (χ0) is 49.7. The van der Waals surface area contributed by atoms with E-state index in [1.807, 2.05) is 36.4 Å². The molecule has 0 bridgehead atoms. The first-order chi connectivity index (χ1) is 37.2. The number of para-hydroxylation sites is 3. The van der Waals surface area contributed by atoms with E-state index in [4.69, 9.17) is 15.0 Å². The van der Waals surface area contributed by atoms with Crippen LogP contribution >= 0.6 is 0 Å². The van der Waals surface area contributed by atoms with E-state index in [-0.39, 0.29) is 0 Å². The SMILES string of the molecule is c1ccc(-c2nc(-c3ccccc3)nc(-c3cc(-c4cccc([Si](c5ccccc5)(c5ccccc5)c5ccccc5)c4)ccc3-n3c4ccccc4c4ccc(-n5c6ccccc6c6ccccc65)cc43)n2)cc1. The molecule has 0 aliphatic heterocycles. The first-order valence-electron chi connectivity index (χ1n) is 25.5. The number of hydrogen-bond donors (Lipinski definition) is 0. The zero-order valence-corrected chi connectivity index (χ0v) is 41.9. The molecular weight excluding hydrogens is 927 g/mol. The van der Waals surface area contributed by atoms with Crippen molar-refractivity contribution in [3.63, 3.8) is 0 Å². The zero-order valence-electron chi connectivity index (χ0n) is 40.9. The van der Waals surface area contributed by atoms with Crippen LogP contribution in [0.4, 0.5) is 0 Å². The van der Waals surface area contributed by atoms with Crippen molar-refractivity contribution < 1.29 is 0 Å². The van der Waals surface area contributed by atoms with Crippen molar-refractivity contribution in [3.05, 3.63) is 285 Å². The second-order valence-electron chi connectivity index (χ2n) is 19.1. The largest absolute Gasteiger partial charge is 0.309 e. The maximum absolute atomic E-state index is 5.43. The second-order valence-corrected chi connectivity index (χ2v) is 22.9. The van der Waals surface area contributed by atoms with E-state index in [1.54, 1.807) is 0 Å². The van der Waals surface area contributed by atoms with Crippen LogP contribution in [0.1, 0.15) is 0 Å². The third-order valence-corrected chi connectivity index (χ3v) is 19.7. The van der Waals surface area contributed by atoms with Gasteiger partial charge in [0.05, 0.1) is 27.8 Å². The van der Waals surface area contributed by atoms with E-state index in [9.17, 15) is 0 Å². The molecule has 0 amide bonds. The monoisotopic (exact) mass is 973 g/mol. The van der Waals surface area contributed by atoms with Gasteiger partial charge in [-0.3, -0.25) is 0 Å². The van der Waals surface area contributed by atoms with Gasteiger partial charge in [-0.05, 0) is 74.3 Å². The summed E-state index contributed by atoms with van der Waals surface area (Å²) in [6.45, 7) is 0. The van der Waals surface area contributed by atoms with Crippen LogP contribution < -0.4 is 20.7 Å². The van der Waals surface area contributed by atoms with Crippen LogP contribution in [-0.2, 0) is 0 Å². The number of hydrogen-bond acceptors (Lipinski definition) is 3. The van der Waals surface area contributed by atoms with Crippen molar-refractivity contribution >= 4 is 72.4 Å². The van der Waals surface area contributed by atoms with Crippen molar-refractivity contribution in [2.75, 3.05) is 0 Å². The standard InChI is InChI=1S/C69H47N5Si/c1-6-23-48(24-7-1)67-70-68(49-25-8-2-9-26-49)72-69(71-67)61-46-51(50-27-22-34-56(45-50)75(53-28-10-3-11-29-53,54-30-12-4-13-31-54)55-32-14-5-15-33-55)41-44-65(61)74-64-40-21-18-37-59(64)60-43-42-52(47-66(60)74)73-62-38-19-16-35-57(62)58-36-17-20-39-63(58)73/h1-47H. The van der Waals surface area contributed by atoms with Crippen LogP contribution in [0.3, 0.4) is 0 Å². The Morgan fingerprint density at radius 3 is 1.17 bits per heavy atom. The molecule has 0 aliphatic carbocycles. The van der Waals surface area contributed by atoms with E-state index in [2.05, 4.69) is 258 Å². The van der Waals surface area contributed by atoms with Gasteiger partial charge in [0.15, 0.2) is 25.5 Å². The van der Waals surface area contributed by atoms with Crippen LogP contribution in [0.5, 0.6) is 0 Å². The maximum atomic E-state index is 5.43. The Kier molecular flexibility index (Phi) is 10.8. The van der Waals surface area contributed by atoms with E-state index in [1.165, 1.54) is 47.9 Å². The van der Waals surface area contributed by atoms with Gasteiger partial charge >= 0.3 is 0 Å². The summed E-state index contributed by atoms with van der Waals surface area (Å²) in [4.78, 5) is 16.0. The number of benzene rings is 11. The predicted molar refractivity (Wildman–Crippen MR) is 314 cm³/mol. The molecule has 0 saturated heterocycles. The summed E-state index contributed by atoms with van der Waals surface area (Å²) in [7, 11) is -2.85. The van der Waals surface area contributed by atoms with Gasteiger partial charge in [-0.2, -0.15) is 0 Å². The highest BCUT2D eigenvalue weighted by Gasteiger charge is 2.41. The van der Waals surface area contributed by atoms with E-state index in [0.29, 0.717) is 17.5 Å². The lowest BCUT2D eigenvalue weighted by molar-refractivity contribution is 1.06. The Bertz CT molecular complexity index is 4190. The lowest BCUT2D eigenvalue weighted by Gasteiger charge is -2.34. The van der Waals surface area contributed by atoms with Gasteiger partial charge in [0.25, 0.3) is 0 Å². The van der Waals surface area contributed by atoms with E-state index >= 15 is 0 Å². The van der Waals surface area contributed by atoms with E-state index in [0.717, 1.165) is 55.6 Å². The van der Waals surface area contributed by atoms with Gasteiger partial charge in [0.2, 0.25) is 0 Å². The van der Waals surface area contributed by atoms with Crippen molar-refractivity contribution in [2.24, 2.45) is 0 Å². The van der Waals surface area contributed by atoms with Crippen LogP contribution in [0.25, 0.3) is 100 Å². The van der Waals surface area contributed by atoms with Gasteiger partial charge in [-0.1, -0.05) is 243 Å². The summed E-state index contributed by atoms with van der Waals surface area (Å²) < 4.78 is 4.82. The van der Waals surface area contributed by atoms with Crippen molar-refractivity contribution in [1.29, 1.82) is 0 Å². The molecule has 14 rings (SSSR count). The Labute approximate surface area is 436 Å². The molecule has 3 heterocycles. The Morgan fingerprint density at radius 1 is 0.253 bits per heavy atom. The normalized spacial score (nSPS) is 11.7. The average molecular weight is 974 g/mol. The molecule has 6 heteroatoms. The van der Waals surface area contributed by atoms with Gasteiger partial charge in [-0.25, -0.2) is 15.0 Å². The third-order valence-electron chi connectivity index (χ3n) is 14.9. The number of rotatable bonds is 10. The molecule has 0 aliphatic rings. The van der Waals surface area contributed by atoms with E-state index < -0.39 is 8.07 Å². The molecule has 0 saturated carbocycles. The fourth-order valence-corrected chi connectivity index (χ4v) is 16.4. The summed E-state index contributed by atoms with van der Waals surface area (Å²) in [5.74, 6) is 1.80. The molecule has 0 radical (unpaired) electrons. The van der Waals surface area contributed by atoms with Crippen LogP contribution in [-0.4, -0.2) is 32.2 Å². The molecule has 11 aromatic carbocycles. The Hall–Kier alpha value is -9.75. The van der Waals surface area contributed by atoms with Crippen molar-refractivity contribution in [2.45, 2.75) is 0 Å². The van der Waals surface area contributed by atoms with Gasteiger partial charge < -0.3 is 9.13 Å². The fraction of sp³-hybridized carbons (Fsp3) is 0. The minimum Gasteiger partial charge on any atom is -0.309 e. The average Bonchev–Trinajstić information content (AvgIpc) is 4.04. The highest BCUT2D eigenvalue weighted by atomic mass is 28.3. The molecule has 75 heavy (non-hydrogen) atoms. The van der Waals surface area contributed by atoms with Gasteiger partial charge in [0.1, 0.15) is 0 Å². The number of nitrogens with zero attached hydrogens (tertiary/aromatic N) is 5. The summed E-state index contributed by atoms with van der Waals surface area (Å²) in [6, 6.07) is 103. The molecule has 0 fully saturated rings. The number of aromatic nitrogens is 5. The quantitative estimate of drug-likeness (QED) is 0.101. The highest BCUT2D eigenvalue weighted by molar-refractivity contribution is 7.19. The molecule has 0 spiro atoms. The number of fused-ring (bicyclic) bond motifs is 6. The Balaban J connectivity index is 1.05. The van der Waals surface area contributed by atoms with Crippen molar-refractivity contribution in [1.82, 2.24) is 24.1 Å². The minimum absolute atomic E-state index is 0.585. The molecule has 0 unspecified atom stereocenters. The third kappa shape index (κ3) is 7.41. The molecule has 3 aromatic heterocycles. The summed E-state index contributed by atoms with van der Waals surface area (Å²) in [5.41, 5.74) is 11.4. The summed E-state index contributed by atoms with van der Waals surface area (Å²) in [6.07, 6.45) is 0. The molecule has 14 aromatic rings. The maximum Gasteiger partial charge on any atom is 0.179 e. The highest BCUT2D eigenvalue weighted by Crippen LogP contribution is 2.40. The molecule has 0 atom stereocenters. The smallest absolute Gasteiger partial charge is 0.179 e. The second kappa shape index (κ2) is 18.4. The molecule has 0 N–H and O–H groups in total. The fourth-order valence-electron chi connectivity index (χ4n) is 11.6. The molecule has 352 valence electrons. The Morgan fingerprint density at radius 2 is 0.653 bits per heavy atom. The first-order valence-corrected chi connectivity index (χ1v) is 27.5. The summed E-state index contributed by atoms with van der Waals surface area (Å²) in [5, 5.41) is 10.1. The van der Waals surface area contributed by atoms with Crippen molar-refractivity contribution in [3.8, 4) is 56.7 Å². The molecular formula is C69H47N5Si. The van der Waals surface area contributed by atoms with Gasteiger partial charge in [0, 0.05) is 43.9 Å². The summed E-state index contributed by atoms with van der Waals surface area (Å²) >= 11 is 0.